The molecule has 0 spiro atoms. The highest BCUT2D eigenvalue weighted by atomic mass is 79.9. The van der Waals surface area contributed by atoms with E-state index < -0.39 is 0 Å². The molecular weight excluding hydrogens is 318 g/mol. The summed E-state index contributed by atoms with van der Waals surface area (Å²) in [6.45, 7) is 2.73. The molecule has 1 aliphatic carbocycles. The lowest BCUT2D eigenvalue weighted by molar-refractivity contribution is 0.279. The van der Waals surface area contributed by atoms with Crippen LogP contribution in [0.4, 0.5) is 0 Å². The van der Waals surface area contributed by atoms with Gasteiger partial charge in [0.15, 0.2) is 11.5 Å². The van der Waals surface area contributed by atoms with Gasteiger partial charge >= 0.3 is 0 Å². The van der Waals surface area contributed by atoms with E-state index in [4.69, 9.17) is 15.2 Å². The number of hydrogen-bond donors (Lipinski definition) is 1. The summed E-state index contributed by atoms with van der Waals surface area (Å²) in [7, 11) is 3.39. The van der Waals surface area contributed by atoms with Gasteiger partial charge in [0.25, 0.3) is 0 Å². The maximum absolute atomic E-state index is 6.19. The topological polar surface area (TPSA) is 44.5 Å². The third kappa shape index (κ3) is 2.56. The molecule has 0 heterocycles. The highest BCUT2D eigenvalue weighted by Crippen LogP contribution is 2.50. The summed E-state index contributed by atoms with van der Waals surface area (Å²) in [6, 6.07) is 2.01. The largest absolute Gasteiger partial charge is 0.493 e. The normalized spacial score (nSPS) is 17.9. The number of rotatable bonds is 4. The van der Waals surface area contributed by atoms with Crippen LogP contribution in [0.2, 0.25) is 0 Å². The molecule has 2 rings (SSSR count). The molecule has 20 heavy (non-hydrogen) atoms. The number of benzene rings is 1. The van der Waals surface area contributed by atoms with Gasteiger partial charge in [0.2, 0.25) is 0 Å². The molecule has 2 N–H and O–H groups in total. The zero-order chi connectivity index (χ0) is 14.8. The van der Waals surface area contributed by atoms with Gasteiger partial charge in [-0.15, -0.1) is 0 Å². The molecule has 0 aliphatic heterocycles. The Labute approximate surface area is 130 Å². The number of aryl methyl sites for hydroxylation is 1. The van der Waals surface area contributed by atoms with Crippen LogP contribution in [0.5, 0.6) is 11.5 Å². The Kier molecular flexibility index (Phi) is 4.97. The van der Waals surface area contributed by atoms with E-state index in [0.717, 1.165) is 34.4 Å². The first-order valence-electron chi connectivity index (χ1n) is 7.21. The van der Waals surface area contributed by atoms with Crippen LogP contribution < -0.4 is 15.2 Å². The summed E-state index contributed by atoms with van der Waals surface area (Å²) in [5.74, 6) is 1.62. The second-order valence-corrected chi connectivity index (χ2v) is 6.46. The molecule has 0 aromatic heterocycles. The fourth-order valence-corrected chi connectivity index (χ4v) is 4.07. The van der Waals surface area contributed by atoms with Crippen molar-refractivity contribution in [1.82, 2.24) is 0 Å². The molecule has 0 unspecified atom stereocenters. The Balaban J connectivity index is 2.66. The third-order valence-corrected chi connectivity index (χ3v) is 5.54. The van der Waals surface area contributed by atoms with Gasteiger partial charge in [-0.3, -0.25) is 0 Å². The summed E-state index contributed by atoms with van der Waals surface area (Å²) in [6.07, 6.45) is 5.98. The zero-order valence-corrected chi connectivity index (χ0v) is 14.2. The molecule has 3 nitrogen and oxygen atoms in total. The van der Waals surface area contributed by atoms with E-state index in [9.17, 15) is 0 Å². The van der Waals surface area contributed by atoms with Crippen LogP contribution in [-0.4, -0.2) is 20.8 Å². The zero-order valence-electron chi connectivity index (χ0n) is 12.6. The fraction of sp³-hybridized carbons (Fsp3) is 0.625. The summed E-state index contributed by atoms with van der Waals surface area (Å²) >= 11 is 3.76. The predicted molar refractivity (Wildman–Crippen MR) is 85.8 cm³/mol. The van der Waals surface area contributed by atoms with Crippen LogP contribution in [0.15, 0.2) is 10.5 Å². The second kappa shape index (κ2) is 6.35. The monoisotopic (exact) mass is 341 g/mol. The Hall–Kier alpha value is -0.740. The molecule has 1 aromatic carbocycles. The van der Waals surface area contributed by atoms with E-state index in [-0.39, 0.29) is 5.41 Å². The number of hydrogen-bond acceptors (Lipinski definition) is 3. The van der Waals surface area contributed by atoms with Crippen LogP contribution in [-0.2, 0) is 5.41 Å². The molecule has 0 atom stereocenters. The van der Waals surface area contributed by atoms with Crippen LogP contribution in [0.25, 0.3) is 0 Å². The molecule has 0 radical (unpaired) electrons. The van der Waals surface area contributed by atoms with Crippen molar-refractivity contribution in [1.29, 1.82) is 0 Å². The molecule has 0 bridgehead atoms. The fourth-order valence-electron chi connectivity index (χ4n) is 3.36. The SMILES string of the molecule is COc1cc(C)c(Br)c(C2(CN)CCCCC2)c1OC. The summed E-state index contributed by atoms with van der Waals surface area (Å²) < 4.78 is 12.3. The number of nitrogens with two attached hydrogens (primary N) is 1. The average molecular weight is 342 g/mol. The Morgan fingerprint density at radius 1 is 1.20 bits per heavy atom. The van der Waals surface area contributed by atoms with Crippen molar-refractivity contribution < 1.29 is 9.47 Å². The molecular formula is C16H24BrNO2. The van der Waals surface area contributed by atoms with Crippen molar-refractivity contribution in [2.75, 3.05) is 20.8 Å². The van der Waals surface area contributed by atoms with E-state index >= 15 is 0 Å². The van der Waals surface area contributed by atoms with E-state index in [1.165, 1.54) is 24.8 Å². The molecule has 0 amide bonds. The van der Waals surface area contributed by atoms with Gasteiger partial charge in [-0.1, -0.05) is 35.2 Å². The first-order chi connectivity index (χ1) is 9.59. The minimum atomic E-state index is 0.00171. The maximum atomic E-state index is 6.19. The minimum absolute atomic E-state index is 0.00171. The Morgan fingerprint density at radius 2 is 1.85 bits per heavy atom. The summed E-state index contributed by atoms with van der Waals surface area (Å²) in [5.41, 5.74) is 8.55. The Bertz CT molecular complexity index is 482. The minimum Gasteiger partial charge on any atom is -0.493 e. The van der Waals surface area contributed by atoms with Crippen LogP contribution >= 0.6 is 15.9 Å². The summed E-state index contributed by atoms with van der Waals surface area (Å²) in [4.78, 5) is 0. The third-order valence-electron chi connectivity index (χ3n) is 4.52. The number of halogens is 1. The molecule has 1 aliphatic rings. The van der Waals surface area contributed by atoms with E-state index in [2.05, 4.69) is 22.9 Å². The van der Waals surface area contributed by atoms with Crippen molar-refractivity contribution in [3.63, 3.8) is 0 Å². The average Bonchev–Trinajstić information content (AvgIpc) is 2.49. The highest BCUT2D eigenvalue weighted by molar-refractivity contribution is 9.10. The van der Waals surface area contributed by atoms with Crippen LogP contribution in [0, 0.1) is 6.92 Å². The van der Waals surface area contributed by atoms with Gasteiger partial charge in [0, 0.05) is 22.0 Å². The van der Waals surface area contributed by atoms with Crippen molar-refractivity contribution >= 4 is 15.9 Å². The van der Waals surface area contributed by atoms with Crippen molar-refractivity contribution in [2.45, 2.75) is 44.4 Å². The van der Waals surface area contributed by atoms with Crippen LogP contribution in [0.3, 0.4) is 0 Å². The molecule has 1 saturated carbocycles. The quantitative estimate of drug-likeness (QED) is 0.902. The molecule has 1 fully saturated rings. The van der Waals surface area contributed by atoms with Crippen molar-refractivity contribution in [3.8, 4) is 11.5 Å². The predicted octanol–water partition coefficient (Wildman–Crippen LogP) is 3.94. The lowest BCUT2D eigenvalue weighted by atomic mass is 9.69. The van der Waals surface area contributed by atoms with Gasteiger partial charge < -0.3 is 15.2 Å². The van der Waals surface area contributed by atoms with Gasteiger partial charge in [0.05, 0.1) is 14.2 Å². The van der Waals surface area contributed by atoms with Crippen molar-refractivity contribution in [3.05, 3.63) is 21.7 Å². The lowest BCUT2D eigenvalue weighted by Crippen LogP contribution is -2.38. The first kappa shape index (κ1) is 15.6. The van der Waals surface area contributed by atoms with Gasteiger partial charge in [-0.25, -0.2) is 0 Å². The molecule has 1 aromatic rings. The lowest BCUT2D eigenvalue weighted by Gasteiger charge is -2.39. The standard InChI is InChI=1S/C16H24BrNO2/c1-11-9-12(19-2)15(20-3)13(14(11)17)16(10-18)7-5-4-6-8-16/h9H,4-8,10,18H2,1-3H3. The van der Waals surface area contributed by atoms with E-state index in [1.54, 1.807) is 14.2 Å². The van der Waals surface area contributed by atoms with E-state index in [1.807, 2.05) is 6.07 Å². The van der Waals surface area contributed by atoms with Crippen LogP contribution in [0.1, 0.15) is 43.2 Å². The van der Waals surface area contributed by atoms with Gasteiger partial charge in [-0.2, -0.15) is 0 Å². The smallest absolute Gasteiger partial charge is 0.165 e. The summed E-state index contributed by atoms with van der Waals surface area (Å²) in [5, 5.41) is 0. The molecule has 0 saturated heterocycles. The Morgan fingerprint density at radius 3 is 2.35 bits per heavy atom. The highest BCUT2D eigenvalue weighted by Gasteiger charge is 2.38. The van der Waals surface area contributed by atoms with Gasteiger partial charge in [-0.05, 0) is 31.4 Å². The molecule has 112 valence electrons. The van der Waals surface area contributed by atoms with Gasteiger partial charge in [0.1, 0.15) is 0 Å². The number of ether oxygens (including phenoxy) is 2. The number of methoxy groups -OCH3 is 2. The molecule has 4 heteroatoms. The van der Waals surface area contributed by atoms with Crippen molar-refractivity contribution in [2.24, 2.45) is 5.73 Å². The first-order valence-corrected chi connectivity index (χ1v) is 8.00. The van der Waals surface area contributed by atoms with E-state index in [0.29, 0.717) is 6.54 Å². The second-order valence-electron chi connectivity index (χ2n) is 5.66. The maximum Gasteiger partial charge on any atom is 0.165 e.